The number of benzene rings is 1. The van der Waals surface area contributed by atoms with Gasteiger partial charge in [-0.05, 0) is 38.2 Å². The Kier molecular flexibility index (Phi) is 6.74. The van der Waals surface area contributed by atoms with Gasteiger partial charge in [-0.15, -0.1) is 0 Å². The van der Waals surface area contributed by atoms with E-state index in [1.807, 2.05) is 43.1 Å². The number of methoxy groups -OCH3 is 1. The third kappa shape index (κ3) is 6.10. The molecule has 5 heteroatoms. The molecule has 1 rings (SSSR count). The summed E-state index contributed by atoms with van der Waals surface area (Å²) in [6.45, 7) is 4.03. The highest BCUT2D eigenvalue weighted by Crippen LogP contribution is 2.17. The summed E-state index contributed by atoms with van der Waals surface area (Å²) in [5.41, 5.74) is 0. The second-order valence-corrected chi connectivity index (χ2v) is 4.07. The van der Waals surface area contributed by atoms with E-state index >= 15 is 0 Å². The predicted octanol–water partition coefficient (Wildman–Crippen LogP) is 1.57. The van der Waals surface area contributed by atoms with Crippen molar-refractivity contribution in [3.8, 4) is 11.5 Å². The van der Waals surface area contributed by atoms with Crippen molar-refractivity contribution < 1.29 is 19.0 Å². The van der Waals surface area contributed by atoms with Crippen LogP contribution >= 0.6 is 0 Å². The van der Waals surface area contributed by atoms with Gasteiger partial charge in [0.25, 0.3) is 0 Å². The smallest absolute Gasteiger partial charge is 0.319 e. The molecule has 0 bridgehead atoms. The molecule has 0 amide bonds. The second kappa shape index (κ2) is 8.37. The van der Waals surface area contributed by atoms with Crippen LogP contribution in [0.1, 0.15) is 6.92 Å². The van der Waals surface area contributed by atoms with Crippen LogP contribution in [0.2, 0.25) is 0 Å². The highest BCUT2D eigenvalue weighted by molar-refractivity contribution is 5.71. The zero-order valence-electron chi connectivity index (χ0n) is 11.7. The summed E-state index contributed by atoms with van der Waals surface area (Å²) < 4.78 is 15.5. The summed E-state index contributed by atoms with van der Waals surface area (Å²) in [5.74, 6) is 1.37. The molecule has 0 heterocycles. The third-order valence-corrected chi connectivity index (χ3v) is 2.50. The summed E-state index contributed by atoms with van der Waals surface area (Å²) in [5, 5.41) is 0. The van der Waals surface area contributed by atoms with E-state index in [9.17, 15) is 4.79 Å². The van der Waals surface area contributed by atoms with Gasteiger partial charge in [0.1, 0.15) is 18.1 Å². The van der Waals surface area contributed by atoms with Crippen LogP contribution in [0.4, 0.5) is 0 Å². The average molecular weight is 267 g/mol. The molecule has 1 aromatic rings. The fourth-order valence-corrected chi connectivity index (χ4v) is 1.48. The number of hydrogen-bond acceptors (Lipinski definition) is 5. The van der Waals surface area contributed by atoms with Crippen molar-refractivity contribution >= 4 is 5.97 Å². The molecule has 0 radical (unpaired) electrons. The van der Waals surface area contributed by atoms with Crippen LogP contribution in [-0.2, 0) is 9.53 Å². The lowest BCUT2D eigenvalue weighted by Gasteiger charge is -2.15. The Bertz CT molecular complexity index is 378. The molecule has 106 valence electrons. The number of esters is 1. The van der Waals surface area contributed by atoms with Crippen molar-refractivity contribution in [2.75, 3.05) is 40.5 Å². The number of nitrogens with zero attached hydrogens (tertiary/aromatic N) is 1. The molecule has 0 N–H and O–H groups in total. The van der Waals surface area contributed by atoms with Gasteiger partial charge in [-0.1, -0.05) is 0 Å². The first-order chi connectivity index (χ1) is 9.15. The molecule has 5 nitrogen and oxygen atoms in total. The topological polar surface area (TPSA) is 48.0 Å². The van der Waals surface area contributed by atoms with E-state index in [0.717, 1.165) is 11.5 Å². The van der Waals surface area contributed by atoms with Crippen LogP contribution in [0.3, 0.4) is 0 Å². The Morgan fingerprint density at radius 2 is 1.74 bits per heavy atom. The fourth-order valence-electron chi connectivity index (χ4n) is 1.48. The fraction of sp³-hybridized carbons (Fsp3) is 0.500. The molecule has 0 unspecified atom stereocenters. The molecule has 0 saturated carbocycles. The summed E-state index contributed by atoms with van der Waals surface area (Å²) in [6, 6.07) is 7.48. The van der Waals surface area contributed by atoms with E-state index in [2.05, 4.69) is 4.74 Å². The van der Waals surface area contributed by atoms with Gasteiger partial charge >= 0.3 is 5.97 Å². The monoisotopic (exact) mass is 267 g/mol. The first-order valence-corrected chi connectivity index (χ1v) is 6.26. The van der Waals surface area contributed by atoms with Gasteiger partial charge in [0.2, 0.25) is 0 Å². The Labute approximate surface area is 114 Å². The summed E-state index contributed by atoms with van der Waals surface area (Å²) in [4.78, 5) is 12.9. The average Bonchev–Trinajstić information content (AvgIpc) is 2.41. The number of rotatable bonds is 8. The molecular weight excluding hydrogens is 246 g/mol. The van der Waals surface area contributed by atoms with E-state index < -0.39 is 0 Å². The molecule has 0 aliphatic rings. The van der Waals surface area contributed by atoms with E-state index in [4.69, 9.17) is 9.47 Å². The molecular formula is C14H21NO4. The molecule has 0 spiro atoms. The number of ether oxygens (including phenoxy) is 3. The number of likely N-dealkylation sites (N-methyl/N-ethyl adjacent to an activating group) is 1. The first-order valence-electron chi connectivity index (χ1n) is 6.26. The summed E-state index contributed by atoms with van der Waals surface area (Å²) in [7, 11) is 3.23. The number of hydrogen-bond donors (Lipinski definition) is 0. The Balaban J connectivity index is 2.26. The summed E-state index contributed by atoms with van der Waals surface area (Å²) >= 11 is 0. The van der Waals surface area contributed by atoms with Crippen LogP contribution in [-0.4, -0.2) is 51.3 Å². The van der Waals surface area contributed by atoms with Crippen LogP contribution in [0.15, 0.2) is 24.3 Å². The SMILES string of the molecule is CCOc1ccc(OCCN(C)CC(=O)OC)cc1. The maximum atomic E-state index is 11.0. The maximum absolute atomic E-state index is 11.0. The van der Waals surface area contributed by atoms with Gasteiger partial charge in [-0.2, -0.15) is 0 Å². The Hall–Kier alpha value is -1.75. The zero-order chi connectivity index (χ0) is 14.1. The van der Waals surface area contributed by atoms with Gasteiger partial charge in [0.05, 0.1) is 20.3 Å². The lowest BCUT2D eigenvalue weighted by atomic mass is 10.3. The maximum Gasteiger partial charge on any atom is 0.319 e. The lowest BCUT2D eigenvalue weighted by molar-refractivity contribution is -0.141. The van der Waals surface area contributed by atoms with Crippen LogP contribution in [0.25, 0.3) is 0 Å². The first kappa shape index (κ1) is 15.3. The minimum Gasteiger partial charge on any atom is -0.494 e. The largest absolute Gasteiger partial charge is 0.494 e. The van der Waals surface area contributed by atoms with Crippen molar-refractivity contribution in [3.63, 3.8) is 0 Å². The standard InChI is InChI=1S/C14H21NO4/c1-4-18-12-5-7-13(8-6-12)19-10-9-15(2)11-14(16)17-3/h5-8H,4,9-11H2,1-3H3. The minimum absolute atomic E-state index is 0.247. The molecule has 0 aliphatic heterocycles. The van der Waals surface area contributed by atoms with Crippen molar-refractivity contribution in [2.45, 2.75) is 6.92 Å². The summed E-state index contributed by atoms with van der Waals surface area (Å²) in [6.07, 6.45) is 0. The molecule has 0 aliphatic carbocycles. The zero-order valence-corrected chi connectivity index (χ0v) is 11.7. The highest BCUT2D eigenvalue weighted by atomic mass is 16.5. The highest BCUT2D eigenvalue weighted by Gasteiger charge is 2.05. The van der Waals surface area contributed by atoms with E-state index in [1.54, 1.807) is 0 Å². The van der Waals surface area contributed by atoms with Crippen LogP contribution < -0.4 is 9.47 Å². The Morgan fingerprint density at radius 1 is 1.16 bits per heavy atom. The molecule has 0 fully saturated rings. The van der Waals surface area contributed by atoms with Crippen molar-refractivity contribution in [1.82, 2.24) is 4.90 Å². The van der Waals surface area contributed by atoms with Gasteiger partial charge in [0.15, 0.2) is 0 Å². The lowest BCUT2D eigenvalue weighted by Crippen LogP contribution is -2.30. The van der Waals surface area contributed by atoms with Crippen LogP contribution in [0, 0.1) is 0 Å². The minimum atomic E-state index is -0.247. The van der Waals surface area contributed by atoms with Crippen molar-refractivity contribution in [2.24, 2.45) is 0 Å². The molecule has 0 saturated heterocycles. The van der Waals surface area contributed by atoms with Crippen molar-refractivity contribution in [1.29, 1.82) is 0 Å². The second-order valence-electron chi connectivity index (χ2n) is 4.07. The Morgan fingerprint density at radius 3 is 2.26 bits per heavy atom. The van der Waals surface area contributed by atoms with E-state index in [-0.39, 0.29) is 12.5 Å². The predicted molar refractivity (Wildman–Crippen MR) is 72.6 cm³/mol. The number of carbonyl (C=O) groups excluding carboxylic acids is 1. The normalized spacial score (nSPS) is 10.3. The molecule has 19 heavy (non-hydrogen) atoms. The molecule has 0 atom stereocenters. The number of carbonyl (C=O) groups is 1. The molecule has 0 aromatic heterocycles. The van der Waals surface area contributed by atoms with E-state index in [0.29, 0.717) is 19.8 Å². The van der Waals surface area contributed by atoms with Gasteiger partial charge < -0.3 is 14.2 Å². The van der Waals surface area contributed by atoms with E-state index in [1.165, 1.54) is 7.11 Å². The third-order valence-electron chi connectivity index (χ3n) is 2.50. The van der Waals surface area contributed by atoms with Crippen molar-refractivity contribution in [3.05, 3.63) is 24.3 Å². The van der Waals surface area contributed by atoms with Gasteiger partial charge in [-0.3, -0.25) is 9.69 Å². The van der Waals surface area contributed by atoms with Crippen LogP contribution in [0.5, 0.6) is 11.5 Å². The van der Waals surface area contributed by atoms with Gasteiger partial charge in [-0.25, -0.2) is 0 Å². The molecule has 1 aromatic carbocycles. The van der Waals surface area contributed by atoms with Gasteiger partial charge in [0, 0.05) is 6.54 Å². The quantitative estimate of drug-likeness (QED) is 0.669.